The lowest BCUT2D eigenvalue weighted by Crippen LogP contribution is -2.52. The van der Waals surface area contributed by atoms with Crippen molar-refractivity contribution in [2.45, 2.75) is 38.3 Å². The molecule has 2 heterocycles. The first-order valence-corrected chi connectivity index (χ1v) is 11.1. The maximum absolute atomic E-state index is 13.4. The van der Waals surface area contributed by atoms with E-state index in [1.54, 1.807) is 12.1 Å². The number of nitrogens with zero attached hydrogens (tertiary/aromatic N) is 2. The summed E-state index contributed by atoms with van der Waals surface area (Å²) in [6.45, 7) is 2.20. The largest absolute Gasteiger partial charge is 0.341 e. The summed E-state index contributed by atoms with van der Waals surface area (Å²) in [5.74, 6) is -0.232. The molecule has 1 N–H and O–H groups in total. The first kappa shape index (κ1) is 20.2. The number of rotatable bonds is 3. The minimum Gasteiger partial charge on any atom is -0.341 e. The number of nitrogens with one attached hydrogen (secondary N) is 1. The van der Waals surface area contributed by atoms with Crippen molar-refractivity contribution in [2.24, 2.45) is 11.3 Å². The number of likely N-dealkylation sites (tertiary alicyclic amines) is 1. The molecule has 1 saturated carbocycles. The van der Waals surface area contributed by atoms with Gasteiger partial charge in [-0.2, -0.15) is 0 Å². The summed E-state index contributed by atoms with van der Waals surface area (Å²) >= 11 is 0. The number of hydrogen-bond acceptors (Lipinski definition) is 3. The summed E-state index contributed by atoms with van der Waals surface area (Å²) in [7, 11) is 2.03. The zero-order valence-electron chi connectivity index (χ0n) is 17.8. The summed E-state index contributed by atoms with van der Waals surface area (Å²) in [4.78, 5) is 30.1. The molecule has 0 radical (unpaired) electrons. The summed E-state index contributed by atoms with van der Waals surface area (Å²) in [6.07, 6.45) is 3.32. The molecule has 2 amide bonds. The fourth-order valence-electron chi connectivity index (χ4n) is 5.38. The van der Waals surface area contributed by atoms with Gasteiger partial charge in [-0.3, -0.25) is 14.5 Å². The maximum atomic E-state index is 13.4. The lowest BCUT2D eigenvalue weighted by atomic mass is 9.89. The van der Waals surface area contributed by atoms with Gasteiger partial charge in [0.25, 0.3) is 0 Å². The molecule has 1 saturated heterocycles. The van der Waals surface area contributed by atoms with Crippen LogP contribution >= 0.6 is 0 Å². The van der Waals surface area contributed by atoms with Gasteiger partial charge < -0.3 is 10.2 Å². The Labute approximate surface area is 182 Å². The zero-order valence-corrected chi connectivity index (χ0v) is 17.8. The normalized spacial score (nSPS) is 24.5. The monoisotopic (exact) mass is 421 g/mol. The number of benzene rings is 2. The molecule has 2 unspecified atom stereocenters. The molecule has 2 aromatic carbocycles. The number of piperidine rings is 1. The molecular formula is C25H28FN3O2. The van der Waals surface area contributed by atoms with Gasteiger partial charge in [-0.15, -0.1) is 0 Å². The standard InChI is InChI=1S/C25H28FN3O2/c1-28-16-18-6-3-2-5-17(18)13-22(28)24(31)29-11-9-25(10-12-29)15-21(25)23(30)27-20-8-4-7-19(26)14-20/h2-8,14,21-22H,9-13,15-16H2,1H3,(H,27,30). The van der Waals surface area contributed by atoms with Gasteiger partial charge in [0.2, 0.25) is 11.8 Å². The fourth-order valence-corrected chi connectivity index (χ4v) is 5.38. The summed E-state index contributed by atoms with van der Waals surface area (Å²) in [6, 6.07) is 14.2. The van der Waals surface area contributed by atoms with Crippen molar-refractivity contribution in [3.05, 3.63) is 65.5 Å². The molecule has 5 nitrogen and oxygen atoms in total. The van der Waals surface area contributed by atoms with Crippen LogP contribution in [0.5, 0.6) is 0 Å². The fraction of sp³-hybridized carbons (Fsp3) is 0.440. The van der Waals surface area contributed by atoms with Crippen molar-refractivity contribution < 1.29 is 14.0 Å². The van der Waals surface area contributed by atoms with E-state index in [1.165, 1.54) is 23.3 Å². The second-order valence-electron chi connectivity index (χ2n) is 9.35. The summed E-state index contributed by atoms with van der Waals surface area (Å²) < 4.78 is 13.4. The molecule has 5 rings (SSSR count). The second kappa shape index (κ2) is 7.75. The van der Waals surface area contributed by atoms with E-state index in [9.17, 15) is 14.0 Å². The molecular weight excluding hydrogens is 393 g/mol. The molecule has 31 heavy (non-hydrogen) atoms. The van der Waals surface area contributed by atoms with Crippen molar-refractivity contribution in [2.75, 3.05) is 25.5 Å². The Hall–Kier alpha value is -2.73. The van der Waals surface area contributed by atoms with Crippen LogP contribution in [0, 0.1) is 17.2 Å². The Bertz CT molecular complexity index is 1020. The van der Waals surface area contributed by atoms with Crippen LogP contribution in [0.4, 0.5) is 10.1 Å². The van der Waals surface area contributed by atoms with Crippen LogP contribution in [0.15, 0.2) is 48.5 Å². The quantitative estimate of drug-likeness (QED) is 0.826. The Kier molecular flexibility index (Phi) is 5.05. The second-order valence-corrected chi connectivity index (χ2v) is 9.35. The summed E-state index contributed by atoms with van der Waals surface area (Å²) in [5.41, 5.74) is 3.07. The first-order valence-electron chi connectivity index (χ1n) is 11.1. The van der Waals surface area contributed by atoms with E-state index in [-0.39, 0.29) is 35.0 Å². The Morgan fingerprint density at radius 1 is 1.06 bits per heavy atom. The van der Waals surface area contributed by atoms with Crippen LogP contribution in [0.25, 0.3) is 0 Å². The third kappa shape index (κ3) is 3.85. The Balaban J connectivity index is 1.17. The molecule has 2 aromatic rings. The van der Waals surface area contributed by atoms with E-state index >= 15 is 0 Å². The van der Waals surface area contributed by atoms with Crippen molar-refractivity contribution in [1.29, 1.82) is 0 Å². The minimum atomic E-state index is -0.356. The predicted octanol–water partition coefficient (Wildman–Crippen LogP) is 3.45. The number of halogens is 1. The lowest BCUT2D eigenvalue weighted by Gasteiger charge is -2.39. The van der Waals surface area contributed by atoms with Crippen molar-refractivity contribution in [3.63, 3.8) is 0 Å². The van der Waals surface area contributed by atoms with Crippen LogP contribution in [-0.2, 0) is 22.6 Å². The van der Waals surface area contributed by atoms with Gasteiger partial charge in [0, 0.05) is 31.2 Å². The lowest BCUT2D eigenvalue weighted by molar-refractivity contribution is -0.138. The first-order chi connectivity index (χ1) is 14.9. The van der Waals surface area contributed by atoms with E-state index in [4.69, 9.17) is 0 Å². The SMILES string of the molecule is CN1Cc2ccccc2CC1C(=O)N1CCC2(CC1)CC2C(=O)Nc1cccc(F)c1. The minimum absolute atomic E-state index is 0.000739. The third-order valence-corrected chi connectivity index (χ3v) is 7.44. The van der Waals surface area contributed by atoms with E-state index < -0.39 is 0 Å². The number of fused-ring (bicyclic) bond motifs is 1. The van der Waals surface area contributed by atoms with Crippen LogP contribution in [0.2, 0.25) is 0 Å². The number of hydrogen-bond donors (Lipinski definition) is 1. The molecule has 6 heteroatoms. The molecule has 0 aromatic heterocycles. The number of likely N-dealkylation sites (N-methyl/N-ethyl adjacent to an activating group) is 1. The average molecular weight is 422 g/mol. The van der Waals surface area contributed by atoms with Crippen molar-refractivity contribution >= 4 is 17.5 Å². The number of carbonyl (C=O) groups is 2. The molecule has 1 aliphatic carbocycles. The number of anilines is 1. The molecule has 2 aliphatic heterocycles. The average Bonchev–Trinajstić information content (AvgIpc) is 3.46. The van der Waals surface area contributed by atoms with Gasteiger partial charge in [-0.1, -0.05) is 30.3 Å². The Morgan fingerprint density at radius 3 is 2.55 bits per heavy atom. The van der Waals surface area contributed by atoms with Gasteiger partial charge >= 0.3 is 0 Å². The topological polar surface area (TPSA) is 52.7 Å². The van der Waals surface area contributed by atoms with Crippen molar-refractivity contribution in [1.82, 2.24) is 9.80 Å². The van der Waals surface area contributed by atoms with E-state index in [0.717, 1.165) is 32.2 Å². The highest BCUT2D eigenvalue weighted by Crippen LogP contribution is 2.59. The third-order valence-electron chi connectivity index (χ3n) is 7.44. The number of amides is 2. The molecule has 162 valence electrons. The van der Waals surface area contributed by atoms with E-state index in [1.807, 2.05) is 18.0 Å². The smallest absolute Gasteiger partial charge is 0.240 e. The number of carbonyl (C=O) groups excluding carboxylic acids is 2. The highest BCUT2D eigenvalue weighted by atomic mass is 19.1. The van der Waals surface area contributed by atoms with Crippen LogP contribution < -0.4 is 5.32 Å². The zero-order chi connectivity index (χ0) is 21.6. The van der Waals surface area contributed by atoms with Crippen LogP contribution in [0.1, 0.15) is 30.4 Å². The van der Waals surface area contributed by atoms with Gasteiger partial charge in [0.15, 0.2) is 0 Å². The molecule has 3 aliphatic rings. The van der Waals surface area contributed by atoms with E-state index in [2.05, 4.69) is 28.4 Å². The highest BCUT2D eigenvalue weighted by molar-refractivity contribution is 5.95. The predicted molar refractivity (Wildman–Crippen MR) is 117 cm³/mol. The molecule has 1 spiro atoms. The molecule has 2 fully saturated rings. The van der Waals surface area contributed by atoms with E-state index in [0.29, 0.717) is 18.8 Å². The summed E-state index contributed by atoms with van der Waals surface area (Å²) in [5, 5.41) is 2.85. The molecule has 0 bridgehead atoms. The van der Waals surface area contributed by atoms with Gasteiger partial charge in [-0.05, 0) is 67.5 Å². The Morgan fingerprint density at radius 2 is 1.81 bits per heavy atom. The van der Waals surface area contributed by atoms with Gasteiger partial charge in [0.1, 0.15) is 5.82 Å². The maximum Gasteiger partial charge on any atom is 0.240 e. The van der Waals surface area contributed by atoms with Crippen LogP contribution in [-0.4, -0.2) is 47.8 Å². The van der Waals surface area contributed by atoms with Gasteiger partial charge in [0.05, 0.1) is 6.04 Å². The van der Waals surface area contributed by atoms with Gasteiger partial charge in [-0.25, -0.2) is 4.39 Å². The van der Waals surface area contributed by atoms with Crippen molar-refractivity contribution in [3.8, 4) is 0 Å². The molecule has 2 atom stereocenters. The highest BCUT2D eigenvalue weighted by Gasteiger charge is 2.59. The van der Waals surface area contributed by atoms with Crippen LogP contribution in [0.3, 0.4) is 0 Å².